The molecule has 0 aliphatic carbocycles. The Morgan fingerprint density at radius 3 is 2.82 bits per heavy atom. The van der Waals surface area contributed by atoms with Gasteiger partial charge < -0.3 is 4.90 Å². The lowest BCUT2D eigenvalue weighted by Gasteiger charge is -2.35. The Kier molecular flexibility index (Phi) is 5.14. The van der Waals surface area contributed by atoms with Crippen molar-refractivity contribution in [3.63, 3.8) is 0 Å². The molecular formula is C11H20N2O3S. The van der Waals surface area contributed by atoms with Crippen LogP contribution in [0.5, 0.6) is 0 Å². The number of rotatable bonds is 5. The van der Waals surface area contributed by atoms with Crippen LogP contribution in [0, 0.1) is 0 Å². The van der Waals surface area contributed by atoms with Gasteiger partial charge in [0.2, 0.25) is 15.9 Å². The Bertz CT molecular complexity index is 378. The highest BCUT2D eigenvalue weighted by Crippen LogP contribution is 2.19. The first kappa shape index (κ1) is 14.2. The molecule has 5 nitrogen and oxygen atoms in total. The maximum Gasteiger partial charge on any atom is 0.246 e. The van der Waals surface area contributed by atoms with E-state index in [-0.39, 0.29) is 11.9 Å². The fourth-order valence-electron chi connectivity index (χ4n) is 2.12. The van der Waals surface area contributed by atoms with Gasteiger partial charge >= 0.3 is 0 Å². The summed E-state index contributed by atoms with van der Waals surface area (Å²) in [7, 11) is -3.14. The molecule has 0 aromatic heterocycles. The summed E-state index contributed by atoms with van der Waals surface area (Å²) >= 11 is 0. The second-order valence-corrected chi connectivity index (χ2v) is 6.17. The fourth-order valence-corrected chi connectivity index (χ4v) is 2.61. The first-order valence-corrected chi connectivity index (χ1v) is 7.71. The average Bonchev–Trinajstić information content (AvgIpc) is 2.27. The van der Waals surface area contributed by atoms with Gasteiger partial charge in [-0.25, -0.2) is 13.1 Å². The lowest BCUT2D eigenvalue weighted by molar-refractivity contribution is -0.129. The Labute approximate surface area is 103 Å². The number of amides is 1. The summed E-state index contributed by atoms with van der Waals surface area (Å²) in [6.07, 6.45) is 6.15. The minimum absolute atomic E-state index is 0.0611. The van der Waals surface area contributed by atoms with E-state index in [1.54, 1.807) is 4.90 Å². The number of nitrogens with zero attached hydrogens (tertiary/aromatic N) is 1. The van der Waals surface area contributed by atoms with Gasteiger partial charge in [0, 0.05) is 19.1 Å². The Balaban J connectivity index is 2.48. The molecule has 0 spiro atoms. The monoisotopic (exact) mass is 260 g/mol. The van der Waals surface area contributed by atoms with E-state index in [0.29, 0.717) is 13.0 Å². The molecule has 0 saturated carbocycles. The lowest BCUT2D eigenvalue weighted by Crippen LogP contribution is -2.44. The molecular weight excluding hydrogens is 240 g/mol. The molecule has 17 heavy (non-hydrogen) atoms. The Morgan fingerprint density at radius 2 is 2.24 bits per heavy atom. The standard InChI is InChI=1S/C11H20N2O3S/c1-3-11(14)13-9-5-4-6-10(13)7-8-12-17(2,15)16/h3,10,12H,1,4-9H2,2H3. The van der Waals surface area contributed by atoms with E-state index in [9.17, 15) is 13.2 Å². The molecule has 1 amide bonds. The second kappa shape index (κ2) is 6.16. The Hall–Kier alpha value is -0.880. The summed E-state index contributed by atoms with van der Waals surface area (Å²) in [6, 6.07) is 0.128. The van der Waals surface area contributed by atoms with Gasteiger partial charge in [0.1, 0.15) is 0 Å². The van der Waals surface area contributed by atoms with E-state index in [1.165, 1.54) is 6.08 Å². The van der Waals surface area contributed by atoms with Crippen LogP contribution in [0.15, 0.2) is 12.7 Å². The quantitative estimate of drug-likeness (QED) is 0.732. The van der Waals surface area contributed by atoms with Crippen LogP contribution < -0.4 is 4.72 Å². The summed E-state index contributed by atoms with van der Waals surface area (Å²) in [5, 5.41) is 0. The smallest absolute Gasteiger partial charge is 0.246 e. The molecule has 1 heterocycles. The normalized spacial score (nSPS) is 21.2. The maximum absolute atomic E-state index is 11.6. The summed E-state index contributed by atoms with van der Waals surface area (Å²) < 4.78 is 24.3. The maximum atomic E-state index is 11.6. The Morgan fingerprint density at radius 1 is 1.53 bits per heavy atom. The van der Waals surface area contributed by atoms with Crippen molar-refractivity contribution >= 4 is 15.9 Å². The minimum Gasteiger partial charge on any atom is -0.336 e. The fraction of sp³-hybridized carbons (Fsp3) is 0.727. The van der Waals surface area contributed by atoms with Gasteiger partial charge in [0.15, 0.2) is 0 Å². The van der Waals surface area contributed by atoms with Gasteiger partial charge in [-0.3, -0.25) is 4.79 Å². The molecule has 6 heteroatoms. The van der Waals surface area contributed by atoms with Crippen molar-refractivity contribution in [2.24, 2.45) is 0 Å². The van der Waals surface area contributed by atoms with Crippen molar-refractivity contribution in [2.45, 2.75) is 31.7 Å². The summed E-state index contributed by atoms with van der Waals surface area (Å²) in [5.74, 6) is -0.0611. The van der Waals surface area contributed by atoms with Crippen LogP contribution in [0.2, 0.25) is 0 Å². The molecule has 1 aliphatic rings. The highest BCUT2D eigenvalue weighted by molar-refractivity contribution is 7.88. The SMILES string of the molecule is C=CC(=O)N1CCCCC1CCNS(C)(=O)=O. The average molecular weight is 260 g/mol. The van der Waals surface area contributed by atoms with Crippen LogP contribution in [0.4, 0.5) is 0 Å². The lowest BCUT2D eigenvalue weighted by atomic mass is 9.99. The van der Waals surface area contributed by atoms with Crippen LogP contribution in [-0.4, -0.2) is 44.6 Å². The zero-order valence-corrected chi connectivity index (χ0v) is 11.0. The van der Waals surface area contributed by atoms with Crippen molar-refractivity contribution in [3.8, 4) is 0 Å². The molecule has 1 rings (SSSR count). The predicted molar refractivity (Wildman–Crippen MR) is 67.0 cm³/mol. The summed E-state index contributed by atoms with van der Waals surface area (Å²) in [4.78, 5) is 13.4. The highest BCUT2D eigenvalue weighted by Gasteiger charge is 2.24. The molecule has 0 aromatic rings. The van der Waals surface area contributed by atoms with Crippen LogP contribution in [0.25, 0.3) is 0 Å². The van der Waals surface area contributed by atoms with E-state index >= 15 is 0 Å². The first-order chi connectivity index (χ1) is 7.94. The van der Waals surface area contributed by atoms with Crippen molar-refractivity contribution in [1.29, 1.82) is 0 Å². The van der Waals surface area contributed by atoms with E-state index < -0.39 is 10.0 Å². The van der Waals surface area contributed by atoms with E-state index in [0.717, 1.165) is 32.1 Å². The number of hydrogen-bond acceptors (Lipinski definition) is 3. The first-order valence-electron chi connectivity index (χ1n) is 5.81. The number of likely N-dealkylation sites (tertiary alicyclic amines) is 1. The third-order valence-corrected chi connectivity index (χ3v) is 3.66. The van der Waals surface area contributed by atoms with Crippen molar-refractivity contribution < 1.29 is 13.2 Å². The summed E-state index contributed by atoms with van der Waals surface area (Å²) in [5.41, 5.74) is 0. The summed E-state index contributed by atoms with van der Waals surface area (Å²) in [6.45, 7) is 4.61. The topological polar surface area (TPSA) is 66.5 Å². The van der Waals surface area contributed by atoms with Gasteiger partial charge in [-0.2, -0.15) is 0 Å². The van der Waals surface area contributed by atoms with Crippen molar-refractivity contribution in [2.75, 3.05) is 19.3 Å². The minimum atomic E-state index is -3.14. The molecule has 1 fully saturated rings. The number of hydrogen-bond donors (Lipinski definition) is 1. The molecule has 1 unspecified atom stereocenters. The number of nitrogens with one attached hydrogen (secondary N) is 1. The molecule has 1 aliphatic heterocycles. The van der Waals surface area contributed by atoms with Crippen LogP contribution in [0.3, 0.4) is 0 Å². The van der Waals surface area contributed by atoms with E-state index in [4.69, 9.17) is 0 Å². The molecule has 1 N–H and O–H groups in total. The molecule has 0 aromatic carbocycles. The van der Waals surface area contributed by atoms with Gasteiger partial charge in [0.05, 0.1) is 6.26 Å². The number of carbonyl (C=O) groups is 1. The molecule has 1 atom stereocenters. The van der Waals surface area contributed by atoms with Gasteiger partial charge in [-0.15, -0.1) is 0 Å². The zero-order valence-electron chi connectivity index (χ0n) is 10.2. The largest absolute Gasteiger partial charge is 0.336 e. The highest BCUT2D eigenvalue weighted by atomic mass is 32.2. The zero-order chi connectivity index (χ0) is 12.9. The van der Waals surface area contributed by atoms with E-state index in [1.807, 2.05) is 0 Å². The van der Waals surface area contributed by atoms with Crippen molar-refractivity contribution in [1.82, 2.24) is 9.62 Å². The van der Waals surface area contributed by atoms with E-state index in [2.05, 4.69) is 11.3 Å². The van der Waals surface area contributed by atoms with Crippen LogP contribution in [-0.2, 0) is 14.8 Å². The number of carbonyl (C=O) groups excluding carboxylic acids is 1. The molecule has 0 radical (unpaired) electrons. The van der Waals surface area contributed by atoms with Crippen LogP contribution >= 0.6 is 0 Å². The molecule has 98 valence electrons. The molecule has 0 bridgehead atoms. The number of piperidine rings is 1. The van der Waals surface area contributed by atoms with Crippen molar-refractivity contribution in [3.05, 3.63) is 12.7 Å². The van der Waals surface area contributed by atoms with Crippen LogP contribution in [0.1, 0.15) is 25.7 Å². The number of sulfonamides is 1. The van der Waals surface area contributed by atoms with Gasteiger partial charge in [-0.05, 0) is 31.8 Å². The molecule has 1 saturated heterocycles. The third-order valence-electron chi connectivity index (χ3n) is 2.93. The van der Waals surface area contributed by atoms with Gasteiger partial charge in [-0.1, -0.05) is 6.58 Å². The predicted octanol–water partition coefficient (Wildman–Crippen LogP) is 0.493. The second-order valence-electron chi connectivity index (χ2n) is 4.34. The third kappa shape index (κ3) is 4.87. The van der Waals surface area contributed by atoms with Gasteiger partial charge in [0.25, 0.3) is 0 Å².